The molecule has 0 bridgehead atoms. The lowest BCUT2D eigenvalue weighted by Gasteiger charge is -2.02. The summed E-state index contributed by atoms with van der Waals surface area (Å²) >= 11 is 3.30. The molecule has 0 saturated heterocycles. The molecule has 0 atom stereocenters. The summed E-state index contributed by atoms with van der Waals surface area (Å²) in [6.45, 7) is 0.00230. The molecule has 2 N–H and O–H groups in total. The number of carbonyl (C=O) groups is 1. The van der Waals surface area contributed by atoms with Crippen LogP contribution in [0.2, 0.25) is 0 Å². The Hall–Kier alpha value is -2.74. The molecule has 3 rings (SSSR count). The van der Waals surface area contributed by atoms with E-state index in [2.05, 4.69) is 36.8 Å². The molecule has 8 heteroatoms. The number of aromatic nitrogens is 3. The number of amides is 1. The number of halogens is 1. The molecule has 1 amide bonds. The number of para-hydroxylation sites is 1. The van der Waals surface area contributed by atoms with Gasteiger partial charge < -0.3 is 5.11 Å². The third kappa shape index (κ3) is 3.54. The Balaban J connectivity index is 1.66. The normalized spacial score (nSPS) is 11.2. The van der Waals surface area contributed by atoms with Crippen molar-refractivity contribution in [2.45, 2.75) is 6.54 Å². The van der Waals surface area contributed by atoms with E-state index in [1.807, 2.05) is 24.3 Å². The van der Waals surface area contributed by atoms with Gasteiger partial charge in [-0.2, -0.15) is 5.10 Å². The van der Waals surface area contributed by atoms with Crippen molar-refractivity contribution in [2.75, 3.05) is 0 Å². The van der Waals surface area contributed by atoms with Crippen molar-refractivity contribution in [3.63, 3.8) is 0 Å². The van der Waals surface area contributed by atoms with Crippen LogP contribution in [0.1, 0.15) is 5.56 Å². The summed E-state index contributed by atoms with van der Waals surface area (Å²) in [5.74, 6) is -0.264. The zero-order chi connectivity index (χ0) is 16.2. The highest BCUT2D eigenvalue weighted by Crippen LogP contribution is 2.19. The van der Waals surface area contributed by atoms with Gasteiger partial charge in [0, 0.05) is 10.0 Å². The number of carbonyl (C=O) groups excluding carboxylic acids is 1. The lowest BCUT2D eigenvalue weighted by molar-refractivity contribution is -0.121. The molecule has 0 aliphatic carbocycles. The molecule has 116 valence electrons. The third-order valence-corrected chi connectivity index (χ3v) is 3.59. The van der Waals surface area contributed by atoms with E-state index in [0.717, 1.165) is 15.5 Å². The van der Waals surface area contributed by atoms with Crippen LogP contribution in [-0.2, 0) is 11.3 Å². The molecule has 1 heterocycles. The Morgan fingerprint density at radius 2 is 2.17 bits per heavy atom. The summed E-state index contributed by atoms with van der Waals surface area (Å²) < 4.78 is 2.30. The first-order valence-electron chi connectivity index (χ1n) is 6.72. The molecule has 0 radical (unpaired) electrons. The molecule has 0 unspecified atom stereocenters. The number of phenolic OH excluding ortho intramolecular Hbond substituents is 1. The van der Waals surface area contributed by atoms with Crippen molar-refractivity contribution in [3.8, 4) is 5.75 Å². The number of rotatable bonds is 4. The third-order valence-electron chi connectivity index (χ3n) is 3.10. The van der Waals surface area contributed by atoms with E-state index in [1.165, 1.54) is 17.0 Å². The highest BCUT2D eigenvalue weighted by Gasteiger charge is 2.07. The average molecular weight is 374 g/mol. The van der Waals surface area contributed by atoms with Gasteiger partial charge in [0.05, 0.1) is 11.7 Å². The second kappa shape index (κ2) is 6.57. The standard InChI is InChI=1S/C15H12BrN5O2/c16-11-5-6-14(22)10(7-11)8-17-19-15(23)9-21-13-4-2-1-3-12(13)18-20-21/h1-8,22H,9H2,(H,19,23)/b17-8-. The fourth-order valence-electron chi connectivity index (χ4n) is 2.01. The Labute approximate surface area is 139 Å². The highest BCUT2D eigenvalue weighted by atomic mass is 79.9. The predicted octanol–water partition coefficient (Wildman–Crippen LogP) is 2.05. The smallest absolute Gasteiger partial charge is 0.261 e. The molecule has 2 aromatic carbocycles. The number of nitrogens with zero attached hydrogens (tertiary/aromatic N) is 4. The van der Waals surface area contributed by atoms with Crippen LogP contribution < -0.4 is 5.43 Å². The summed E-state index contributed by atoms with van der Waals surface area (Å²) in [6.07, 6.45) is 1.37. The Morgan fingerprint density at radius 1 is 1.35 bits per heavy atom. The van der Waals surface area contributed by atoms with E-state index in [4.69, 9.17) is 0 Å². The SMILES string of the molecule is O=C(Cn1nnc2ccccc21)N/N=C\c1cc(Br)ccc1O. The number of nitrogens with one attached hydrogen (secondary N) is 1. The highest BCUT2D eigenvalue weighted by molar-refractivity contribution is 9.10. The zero-order valence-corrected chi connectivity index (χ0v) is 13.4. The van der Waals surface area contributed by atoms with Gasteiger partial charge >= 0.3 is 0 Å². The molecule has 1 aromatic heterocycles. The van der Waals surface area contributed by atoms with E-state index in [9.17, 15) is 9.90 Å². The number of benzene rings is 2. The molecule has 0 saturated carbocycles. The largest absolute Gasteiger partial charge is 0.507 e. The van der Waals surface area contributed by atoms with Crippen molar-refractivity contribution >= 4 is 39.1 Å². The molecular weight excluding hydrogens is 362 g/mol. The summed E-state index contributed by atoms with van der Waals surface area (Å²) in [5.41, 5.74) is 4.39. The average Bonchev–Trinajstić information content (AvgIpc) is 2.94. The van der Waals surface area contributed by atoms with Gasteiger partial charge in [0.1, 0.15) is 17.8 Å². The maximum Gasteiger partial charge on any atom is 0.261 e. The van der Waals surface area contributed by atoms with Gasteiger partial charge in [-0.25, -0.2) is 10.1 Å². The Kier molecular flexibility index (Phi) is 4.33. The number of aromatic hydroxyl groups is 1. The van der Waals surface area contributed by atoms with Crippen molar-refractivity contribution in [1.82, 2.24) is 20.4 Å². The lowest BCUT2D eigenvalue weighted by atomic mass is 10.2. The van der Waals surface area contributed by atoms with Crippen LogP contribution in [0, 0.1) is 0 Å². The zero-order valence-electron chi connectivity index (χ0n) is 11.8. The van der Waals surface area contributed by atoms with Gasteiger partial charge in [-0.05, 0) is 30.3 Å². The van der Waals surface area contributed by atoms with Gasteiger partial charge in [-0.15, -0.1) is 5.10 Å². The molecular formula is C15H12BrN5O2. The summed E-state index contributed by atoms with van der Waals surface area (Å²) in [7, 11) is 0. The number of fused-ring (bicyclic) bond motifs is 1. The van der Waals surface area contributed by atoms with Gasteiger partial charge in [0.15, 0.2) is 0 Å². The number of hydrazone groups is 1. The predicted molar refractivity (Wildman–Crippen MR) is 89.1 cm³/mol. The molecule has 0 fully saturated rings. The minimum atomic E-state index is -0.341. The molecule has 3 aromatic rings. The summed E-state index contributed by atoms with van der Waals surface area (Å²) in [4.78, 5) is 11.9. The molecule has 23 heavy (non-hydrogen) atoms. The number of hydrogen-bond acceptors (Lipinski definition) is 5. The summed E-state index contributed by atoms with van der Waals surface area (Å²) in [6, 6.07) is 12.3. The quantitative estimate of drug-likeness (QED) is 0.540. The molecule has 7 nitrogen and oxygen atoms in total. The monoisotopic (exact) mass is 373 g/mol. The van der Waals surface area contributed by atoms with Crippen molar-refractivity contribution in [3.05, 3.63) is 52.5 Å². The first-order chi connectivity index (χ1) is 11.1. The second-order valence-corrected chi connectivity index (χ2v) is 5.65. The van der Waals surface area contributed by atoms with Gasteiger partial charge in [0.25, 0.3) is 5.91 Å². The fraction of sp³-hybridized carbons (Fsp3) is 0.0667. The Morgan fingerprint density at radius 3 is 3.04 bits per heavy atom. The van der Waals surface area contributed by atoms with Crippen molar-refractivity contribution in [1.29, 1.82) is 0 Å². The van der Waals surface area contributed by atoms with E-state index in [-0.39, 0.29) is 18.2 Å². The van der Waals surface area contributed by atoms with Crippen LogP contribution in [-0.4, -0.2) is 32.2 Å². The minimum Gasteiger partial charge on any atom is -0.507 e. The van der Waals surface area contributed by atoms with Crippen LogP contribution >= 0.6 is 15.9 Å². The molecule has 0 aliphatic rings. The van der Waals surface area contributed by atoms with Crippen molar-refractivity contribution in [2.24, 2.45) is 5.10 Å². The van der Waals surface area contributed by atoms with Crippen LogP contribution in [0.3, 0.4) is 0 Å². The second-order valence-electron chi connectivity index (χ2n) is 4.73. The first-order valence-corrected chi connectivity index (χ1v) is 7.51. The fourth-order valence-corrected chi connectivity index (χ4v) is 2.39. The molecule has 0 spiro atoms. The van der Waals surface area contributed by atoms with E-state index in [0.29, 0.717) is 5.56 Å². The number of hydrogen-bond donors (Lipinski definition) is 2. The Bertz CT molecular complexity index is 890. The maximum absolute atomic E-state index is 11.9. The lowest BCUT2D eigenvalue weighted by Crippen LogP contribution is -2.23. The van der Waals surface area contributed by atoms with E-state index < -0.39 is 0 Å². The van der Waals surface area contributed by atoms with Crippen molar-refractivity contribution < 1.29 is 9.90 Å². The number of phenols is 1. The van der Waals surface area contributed by atoms with Gasteiger partial charge in [-0.1, -0.05) is 33.3 Å². The molecule has 0 aliphatic heterocycles. The topological polar surface area (TPSA) is 92.4 Å². The first kappa shape index (κ1) is 15.2. The van der Waals surface area contributed by atoms with E-state index >= 15 is 0 Å². The van der Waals surface area contributed by atoms with Crippen LogP contribution in [0.25, 0.3) is 11.0 Å². The summed E-state index contributed by atoms with van der Waals surface area (Å²) in [5, 5.41) is 21.4. The maximum atomic E-state index is 11.9. The van der Waals surface area contributed by atoms with Crippen LogP contribution in [0.15, 0.2) is 52.0 Å². The van der Waals surface area contributed by atoms with Crippen LogP contribution in [0.4, 0.5) is 0 Å². The van der Waals surface area contributed by atoms with Gasteiger partial charge in [0.2, 0.25) is 0 Å². The van der Waals surface area contributed by atoms with E-state index in [1.54, 1.807) is 12.1 Å². The van der Waals surface area contributed by atoms with Gasteiger partial charge in [-0.3, -0.25) is 4.79 Å². The van der Waals surface area contributed by atoms with Crippen LogP contribution in [0.5, 0.6) is 5.75 Å². The minimum absolute atomic E-state index is 0.00230.